The monoisotopic (exact) mass is 397 g/mol. The van der Waals surface area contributed by atoms with Crippen LogP contribution in [-0.2, 0) is 22.1 Å². The van der Waals surface area contributed by atoms with E-state index in [0.29, 0.717) is 31.7 Å². The van der Waals surface area contributed by atoms with E-state index < -0.39 is 17.3 Å². The van der Waals surface area contributed by atoms with Gasteiger partial charge in [0, 0.05) is 51.0 Å². The number of rotatable bonds is 4. The second kappa shape index (κ2) is 6.99. The van der Waals surface area contributed by atoms with E-state index in [0.717, 1.165) is 50.9 Å². The minimum Gasteiger partial charge on any atom is -0.357 e. The molecule has 4 rings (SSSR count). The summed E-state index contributed by atoms with van der Waals surface area (Å²) in [4.78, 5) is 20.8. The minimum atomic E-state index is -4.34. The first-order chi connectivity index (χ1) is 13.3. The van der Waals surface area contributed by atoms with Gasteiger partial charge in [0.25, 0.3) is 5.91 Å². The molecule has 154 valence electrons. The number of piperidine rings is 1. The van der Waals surface area contributed by atoms with Gasteiger partial charge in [-0.25, -0.2) is 0 Å². The number of nitrogens with zero attached hydrogens (tertiary/aromatic N) is 3. The Balaban J connectivity index is 1.33. The topological polar surface area (TPSA) is 45.7 Å². The van der Waals surface area contributed by atoms with E-state index in [1.165, 1.54) is 6.20 Å². The van der Waals surface area contributed by atoms with Crippen molar-refractivity contribution >= 4 is 5.91 Å². The molecule has 1 amide bonds. The Morgan fingerprint density at radius 2 is 1.93 bits per heavy atom. The van der Waals surface area contributed by atoms with Gasteiger partial charge in [0.2, 0.25) is 0 Å². The SMILES string of the molecule is CCN1CC2(CCN(CCc3cc(C(F)(F)F)ccn3)CC2)OC2(CC2)C1=O. The van der Waals surface area contributed by atoms with Gasteiger partial charge in [-0.2, -0.15) is 13.2 Å². The molecular weight excluding hydrogens is 371 g/mol. The summed E-state index contributed by atoms with van der Waals surface area (Å²) < 4.78 is 44.9. The predicted octanol–water partition coefficient (Wildman–Crippen LogP) is 2.89. The van der Waals surface area contributed by atoms with Crippen molar-refractivity contribution in [3.8, 4) is 0 Å². The number of likely N-dealkylation sites (tertiary alicyclic amines) is 1. The van der Waals surface area contributed by atoms with Crippen molar-refractivity contribution in [3.05, 3.63) is 29.6 Å². The molecule has 1 aromatic heterocycles. The molecular formula is C20H26F3N3O2. The van der Waals surface area contributed by atoms with E-state index >= 15 is 0 Å². The Bertz CT molecular complexity index is 740. The standard InChI is InChI=1S/C20H26F3N3O2/c1-2-26-14-18(28-19(5-6-19)17(26)27)7-11-25(12-8-18)10-4-16-13-15(3-9-24-16)20(21,22)23/h3,9,13H,2,4-8,10-12,14H2,1H3. The lowest BCUT2D eigenvalue weighted by molar-refractivity contribution is -0.200. The summed E-state index contributed by atoms with van der Waals surface area (Å²) in [6.45, 7) is 5.67. The highest BCUT2D eigenvalue weighted by atomic mass is 19.4. The molecule has 0 unspecified atom stereocenters. The smallest absolute Gasteiger partial charge is 0.357 e. The molecule has 28 heavy (non-hydrogen) atoms. The van der Waals surface area contributed by atoms with E-state index in [1.807, 2.05) is 11.8 Å². The molecule has 0 N–H and O–H groups in total. The van der Waals surface area contributed by atoms with Crippen LogP contribution in [0.25, 0.3) is 0 Å². The van der Waals surface area contributed by atoms with Gasteiger partial charge in [0.05, 0.1) is 11.2 Å². The third kappa shape index (κ3) is 3.76. The van der Waals surface area contributed by atoms with E-state index in [1.54, 1.807) is 0 Å². The highest BCUT2D eigenvalue weighted by molar-refractivity contribution is 5.89. The lowest BCUT2D eigenvalue weighted by Gasteiger charge is -2.50. The van der Waals surface area contributed by atoms with Gasteiger partial charge >= 0.3 is 6.18 Å². The number of alkyl halides is 3. The Morgan fingerprint density at radius 3 is 2.54 bits per heavy atom. The molecule has 3 heterocycles. The molecule has 0 aromatic carbocycles. The van der Waals surface area contributed by atoms with Crippen LogP contribution in [0.3, 0.4) is 0 Å². The average molecular weight is 397 g/mol. The number of carbonyl (C=O) groups is 1. The highest BCUT2D eigenvalue weighted by Crippen LogP contribution is 2.49. The number of pyridine rings is 1. The lowest BCUT2D eigenvalue weighted by atomic mass is 9.88. The van der Waals surface area contributed by atoms with Gasteiger partial charge in [0.1, 0.15) is 5.60 Å². The number of hydrogen-bond acceptors (Lipinski definition) is 4. The zero-order chi connectivity index (χ0) is 20.0. The molecule has 5 nitrogen and oxygen atoms in total. The third-order valence-corrected chi connectivity index (χ3v) is 6.25. The molecule has 0 radical (unpaired) electrons. The largest absolute Gasteiger partial charge is 0.416 e. The Kier molecular flexibility index (Phi) is 4.90. The zero-order valence-electron chi connectivity index (χ0n) is 16.1. The summed E-state index contributed by atoms with van der Waals surface area (Å²) in [5.41, 5.74) is -1.03. The summed E-state index contributed by atoms with van der Waals surface area (Å²) >= 11 is 0. The first kappa shape index (κ1) is 19.6. The van der Waals surface area contributed by atoms with E-state index in [4.69, 9.17) is 4.74 Å². The van der Waals surface area contributed by atoms with Crippen molar-refractivity contribution < 1.29 is 22.7 Å². The molecule has 3 aliphatic rings. The number of morpholine rings is 1. The normalized spacial score (nSPS) is 24.1. The van der Waals surface area contributed by atoms with Crippen molar-refractivity contribution in [1.82, 2.24) is 14.8 Å². The van der Waals surface area contributed by atoms with Crippen molar-refractivity contribution in [3.63, 3.8) is 0 Å². The van der Waals surface area contributed by atoms with Crippen LogP contribution in [0.2, 0.25) is 0 Å². The number of ether oxygens (including phenoxy) is 1. The molecule has 2 saturated heterocycles. The summed E-state index contributed by atoms with van der Waals surface area (Å²) in [6, 6.07) is 2.14. The number of likely N-dealkylation sites (N-methyl/N-ethyl adjacent to an activating group) is 1. The molecule has 8 heteroatoms. The van der Waals surface area contributed by atoms with Gasteiger partial charge in [-0.3, -0.25) is 9.78 Å². The number of hydrogen-bond donors (Lipinski definition) is 0. The van der Waals surface area contributed by atoms with Crippen LogP contribution >= 0.6 is 0 Å². The van der Waals surface area contributed by atoms with Crippen LogP contribution in [0.1, 0.15) is 43.9 Å². The molecule has 1 aromatic rings. The van der Waals surface area contributed by atoms with Gasteiger partial charge < -0.3 is 14.5 Å². The van der Waals surface area contributed by atoms with Gasteiger partial charge in [-0.1, -0.05) is 0 Å². The van der Waals surface area contributed by atoms with Gasteiger partial charge in [-0.05, 0) is 44.7 Å². The molecule has 3 fully saturated rings. The number of halogens is 3. The van der Waals surface area contributed by atoms with Crippen molar-refractivity contribution in [2.24, 2.45) is 0 Å². The van der Waals surface area contributed by atoms with Gasteiger partial charge in [-0.15, -0.1) is 0 Å². The molecule has 1 saturated carbocycles. The lowest BCUT2D eigenvalue weighted by Crippen LogP contribution is -2.62. The maximum atomic E-state index is 12.8. The Labute approximate surface area is 162 Å². The molecule has 1 aliphatic carbocycles. The first-order valence-electron chi connectivity index (χ1n) is 9.99. The van der Waals surface area contributed by atoms with Crippen LogP contribution in [0, 0.1) is 0 Å². The molecule has 0 atom stereocenters. The Hall–Kier alpha value is -1.67. The summed E-state index contributed by atoms with van der Waals surface area (Å²) in [7, 11) is 0. The summed E-state index contributed by atoms with van der Waals surface area (Å²) in [6.07, 6.45) is 0.688. The summed E-state index contributed by atoms with van der Waals surface area (Å²) in [5, 5.41) is 0. The van der Waals surface area contributed by atoms with E-state index in [-0.39, 0.29) is 11.5 Å². The fraction of sp³-hybridized carbons (Fsp3) is 0.700. The first-order valence-corrected chi connectivity index (χ1v) is 9.99. The van der Waals surface area contributed by atoms with Crippen LogP contribution < -0.4 is 0 Å². The fourth-order valence-electron chi connectivity index (χ4n) is 4.39. The quantitative estimate of drug-likeness (QED) is 0.784. The number of carbonyl (C=O) groups excluding carboxylic acids is 1. The van der Waals surface area contributed by atoms with Crippen LogP contribution in [-0.4, -0.2) is 64.6 Å². The second-order valence-corrected chi connectivity index (χ2v) is 8.22. The molecule has 2 aliphatic heterocycles. The maximum absolute atomic E-state index is 12.8. The molecule has 2 spiro atoms. The van der Waals surface area contributed by atoms with Crippen LogP contribution in [0.5, 0.6) is 0 Å². The third-order valence-electron chi connectivity index (χ3n) is 6.25. The predicted molar refractivity (Wildman–Crippen MR) is 96.7 cm³/mol. The Morgan fingerprint density at radius 1 is 1.21 bits per heavy atom. The maximum Gasteiger partial charge on any atom is 0.416 e. The second-order valence-electron chi connectivity index (χ2n) is 8.22. The van der Waals surface area contributed by atoms with Crippen LogP contribution in [0.4, 0.5) is 13.2 Å². The average Bonchev–Trinajstić information content (AvgIpc) is 3.44. The van der Waals surface area contributed by atoms with Crippen LogP contribution in [0.15, 0.2) is 18.3 Å². The van der Waals surface area contributed by atoms with Crippen molar-refractivity contribution in [2.75, 3.05) is 32.7 Å². The zero-order valence-corrected chi connectivity index (χ0v) is 16.1. The molecule has 0 bridgehead atoms. The van der Waals surface area contributed by atoms with Crippen molar-refractivity contribution in [1.29, 1.82) is 0 Å². The van der Waals surface area contributed by atoms with Crippen molar-refractivity contribution in [2.45, 2.75) is 56.4 Å². The number of amides is 1. The summed E-state index contributed by atoms with van der Waals surface area (Å²) in [5.74, 6) is 0.138. The minimum absolute atomic E-state index is 0.138. The highest BCUT2D eigenvalue weighted by Gasteiger charge is 2.61. The fourth-order valence-corrected chi connectivity index (χ4v) is 4.39. The van der Waals surface area contributed by atoms with E-state index in [2.05, 4.69) is 9.88 Å². The van der Waals surface area contributed by atoms with E-state index in [9.17, 15) is 18.0 Å². The van der Waals surface area contributed by atoms with Gasteiger partial charge in [0.15, 0.2) is 0 Å². The number of aromatic nitrogens is 1.